The molecule has 2 aliphatic heterocycles. The Balaban J connectivity index is 1.91. The van der Waals surface area contributed by atoms with Crippen molar-refractivity contribution in [1.82, 2.24) is 13.5 Å². The first kappa shape index (κ1) is 20.3. The smallest absolute Gasteiger partial charge is 0.281 e. The summed E-state index contributed by atoms with van der Waals surface area (Å²) in [5.74, 6) is 0.197. The summed E-state index contributed by atoms with van der Waals surface area (Å²) in [6, 6.07) is 7.93. The van der Waals surface area contributed by atoms with Crippen LogP contribution in [0.5, 0.6) is 0 Å². The second-order valence-electron chi connectivity index (χ2n) is 7.52. The Kier molecular flexibility index (Phi) is 5.90. The predicted octanol–water partition coefficient (Wildman–Crippen LogP) is 1.27. The second kappa shape index (κ2) is 7.87. The minimum absolute atomic E-state index is 0.0264. The Bertz CT molecular complexity index is 796. The zero-order valence-electron chi connectivity index (χ0n) is 16.5. The fourth-order valence-electron chi connectivity index (χ4n) is 4.27. The number of hydrogen-bond donors (Lipinski definition) is 0. The van der Waals surface area contributed by atoms with E-state index in [2.05, 4.69) is 0 Å². The Morgan fingerprint density at radius 3 is 2.56 bits per heavy atom. The van der Waals surface area contributed by atoms with Gasteiger partial charge in [-0.2, -0.15) is 17.0 Å². The molecule has 7 nitrogen and oxygen atoms in total. The second-order valence-corrected chi connectivity index (χ2v) is 9.66. The summed E-state index contributed by atoms with van der Waals surface area (Å²) in [7, 11) is -0.336. The lowest BCUT2D eigenvalue weighted by Crippen LogP contribution is -2.42. The highest BCUT2D eigenvalue weighted by Crippen LogP contribution is 2.46. The number of carbonyl (C=O) groups is 1. The molecule has 3 atom stereocenters. The van der Waals surface area contributed by atoms with Crippen LogP contribution in [0.2, 0.25) is 0 Å². The van der Waals surface area contributed by atoms with E-state index in [9.17, 15) is 13.2 Å². The van der Waals surface area contributed by atoms with Crippen molar-refractivity contribution in [3.05, 3.63) is 35.4 Å². The number of likely N-dealkylation sites (tertiary alicyclic amines) is 1. The number of benzene rings is 1. The van der Waals surface area contributed by atoms with Gasteiger partial charge < -0.3 is 9.64 Å². The van der Waals surface area contributed by atoms with Crippen molar-refractivity contribution >= 4 is 16.1 Å². The summed E-state index contributed by atoms with van der Waals surface area (Å²) >= 11 is 0. The number of ether oxygens (including phenoxy) is 1. The molecule has 0 bridgehead atoms. The van der Waals surface area contributed by atoms with Crippen molar-refractivity contribution in [1.29, 1.82) is 0 Å². The van der Waals surface area contributed by atoms with E-state index in [1.54, 1.807) is 18.4 Å². The quantitative estimate of drug-likeness (QED) is 0.727. The average molecular weight is 396 g/mol. The van der Waals surface area contributed by atoms with Gasteiger partial charge in [-0.15, -0.1) is 0 Å². The molecule has 1 aromatic rings. The molecule has 0 spiro atoms. The predicted molar refractivity (Wildman–Crippen MR) is 103 cm³/mol. The Morgan fingerprint density at radius 2 is 1.93 bits per heavy atom. The molecular formula is C19H29N3O4S. The molecule has 0 N–H and O–H groups in total. The number of fused-ring (bicyclic) bond motifs is 1. The van der Waals surface area contributed by atoms with Gasteiger partial charge in [0.15, 0.2) is 0 Å². The molecule has 2 heterocycles. The van der Waals surface area contributed by atoms with Crippen LogP contribution in [0, 0.1) is 18.8 Å². The average Bonchev–Trinajstić information content (AvgIpc) is 3.18. The lowest BCUT2D eigenvalue weighted by Gasteiger charge is -2.31. The summed E-state index contributed by atoms with van der Waals surface area (Å²) in [5.41, 5.74) is 2.21. The van der Waals surface area contributed by atoms with Gasteiger partial charge in [0.05, 0.1) is 6.04 Å². The van der Waals surface area contributed by atoms with Gasteiger partial charge in [0.2, 0.25) is 5.91 Å². The van der Waals surface area contributed by atoms with Crippen LogP contribution >= 0.6 is 0 Å². The molecule has 2 aliphatic rings. The van der Waals surface area contributed by atoms with Crippen molar-refractivity contribution in [2.75, 3.05) is 46.9 Å². The number of hydrogen-bond acceptors (Lipinski definition) is 4. The first-order valence-corrected chi connectivity index (χ1v) is 10.8. The van der Waals surface area contributed by atoms with Crippen molar-refractivity contribution in [3.8, 4) is 0 Å². The van der Waals surface area contributed by atoms with Crippen molar-refractivity contribution < 1.29 is 17.9 Å². The first-order chi connectivity index (χ1) is 12.8. The molecule has 27 heavy (non-hydrogen) atoms. The maximum atomic E-state index is 12.8. The number of carbonyl (C=O) groups excluding carboxylic acids is 1. The van der Waals surface area contributed by atoms with Gasteiger partial charge in [0.25, 0.3) is 10.2 Å². The van der Waals surface area contributed by atoms with Gasteiger partial charge in [-0.3, -0.25) is 4.79 Å². The molecule has 0 unspecified atom stereocenters. The fourth-order valence-corrected chi connectivity index (χ4v) is 5.47. The summed E-state index contributed by atoms with van der Waals surface area (Å²) in [6.07, 6.45) is 0. The zero-order valence-corrected chi connectivity index (χ0v) is 17.3. The number of aryl methyl sites for hydroxylation is 1. The lowest BCUT2D eigenvalue weighted by atomic mass is 9.87. The third-order valence-electron chi connectivity index (χ3n) is 5.68. The van der Waals surface area contributed by atoms with Crippen molar-refractivity contribution in [3.63, 3.8) is 0 Å². The summed E-state index contributed by atoms with van der Waals surface area (Å²) < 4.78 is 33.3. The van der Waals surface area contributed by atoms with E-state index in [0.717, 1.165) is 11.1 Å². The van der Waals surface area contributed by atoms with Crippen LogP contribution in [-0.2, 0) is 19.7 Å². The largest absolute Gasteiger partial charge is 0.372 e. The molecule has 8 heteroatoms. The van der Waals surface area contributed by atoms with Crippen LogP contribution in [0.4, 0.5) is 0 Å². The minimum Gasteiger partial charge on any atom is -0.372 e. The highest BCUT2D eigenvalue weighted by molar-refractivity contribution is 7.86. The normalized spacial score (nSPS) is 26.0. The monoisotopic (exact) mass is 395 g/mol. The Labute approximate surface area is 162 Å². The van der Waals surface area contributed by atoms with Crippen LogP contribution in [0.1, 0.15) is 24.1 Å². The minimum atomic E-state index is -3.45. The van der Waals surface area contributed by atoms with Gasteiger partial charge in [-0.1, -0.05) is 24.3 Å². The van der Waals surface area contributed by atoms with E-state index in [4.69, 9.17) is 4.74 Å². The molecule has 2 saturated heterocycles. The van der Waals surface area contributed by atoms with Gasteiger partial charge in [-0.05, 0) is 30.9 Å². The van der Waals surface area contributed by atoms with Crippen LogP contribution in [-0.4, -0.2) is 74.8 Å². The van der Waals surface area contributed by atoms with Gasteiger partial charge in [0, 0.05) is 46.3 Å². The van der Waals surface area contributed by atoms with E-state index in [1.165, 1.54) is 4.31 Å². The molecule has 3 rings (SSSR count). The standard InChI is InChI=1S/C19H29N3O4S/c1-5-26-13-18(23)22-11-15-10-21(27(24,25)20(3)4)12-17(15)19(22)16-9-7-6-8-14(16)2/h6-9,15,17,19H,5,10-13H2,1-4H3/t15-,17-,19+/m0/s1. The highest BCUT2D eigenvalue weighted by atomic mass is 32.2. The fraction of sp³-hybridized carbons (Fsp3) is 0.632. The van der Waals surface area contributed by atoms with Crippen LogP contribution < -0.4 is 0 Å². The van der Waals surface area contributed by atoms with Gasteiger partial charge in [0.1, 0.15) is 6.61 Å². The summed E-state index contributed by atoms with van der Waals surface area (Å²) in [4.78, 5) is 14.7. The SMILES string of the molecule is CCOCC(=O)N1C[C@@H]2CN(S(=O)(=O)N(C)C)C[C@@H]2[C@H]1c1ccccc1C. The molecule has 1 amide bonds. The molecule has 1 aromatic carbocycles. The van der Waals surface area contributed by atoms with E-state index in [0.29, 0.717) is 26.2 Å². The molecule has 0 radical (unpaired) electrons. The van der Waals surface area contributed by atoms with Crippen LogP contribution in [0.15, 0.2) is 24.3 Å². The molecular weight excluding hydrogens is 366 g/mol. The maximum absolute atomic E-state index is 12.8. The lowest BCUT2D eigenvalue weighted by molar-refractivity contribution is -0.137. The third-order valence-corrected chi connectivity index (χ3v) is 7.55. The first-order valence-electron chi connectivity index (χ1n) is 9.37. The van der Waals surface area contributed by atoms with E-state index < -0.39 is 10.2 Å². The van der Waals surface area contributed by atoms with E-state index >= 15 is 0 Å². The number of nitrogens with zero attached hydrogens (tertiary/aromatic N) is 3. The topological polar surface area (TPSA) is 70.2 Å². The summed E-state index contributed by atoms with van der Waals surface area (Å²) in [6.45, 7) is 5.92. The molecule has 0 aromatic heterocycles. The third kappa shape index (κ3) is 3.76. The maximum Gasteiger partial charge on any atom is 0.281 e. The van der Waals surface area contributed by atoms with Crippen molar-refractivity contribution in [2.45, 2.75) is 19.9 Å². The van der Waals surface area contributed by atoms with Gasteiger partial charge >= 0.3 is 0 Å². The van der Waals surface area contributed by atoms with E-state index in [-0.39, 0.29) is 30.4 Å². The number of rotatable bonds is 6. The highest BCUT2D eigenvalue weighted by Gasteiger charge is 2.51. The van der Waals surface area contributed by atoms with Crippen LogP contribution in [0.3, 0.4) is 0 Å². The van der Waals surface area contributed by atoms with E-state index in [1.807, 2.05) is 43.0 Å². The Morgan fingerprint density at radius 1 is 1.22 bits per heavy atom. The number of amides is 1. The van der Waals surface area contributed by atoms with Gasteiger partial charge in [-0.25, -0.2) is 0 Å². The molecule has 150 valence electrons. The Hall–Kier alpha value is -1.48. The molecule has 2 fully saturated rings. The molecule has 0 saturated carbocycles. The van der Waals surface area contributed by atoms with Crippen LogP contribution in [0.25, 0.3) is 0 Å². The zero-order chi connectivity index (χ0) is 19.8. The van der Waals surface area contributed by atoms with Crippen molar-refractivity contribution in [2.24, 2.45) is 11.8 Å². The molecule has 0 aliphatic carbocycles. The summed E-state index contributed by atoms with van der Waals surface area (Å²) in [5, 5.41) is 0.